The lowest BCUT2D eigenvalue weighted by atomic mass is 9.86. The number of nitrogens with one attached hydrogen (secondary N) is 2. The highest BCUT2D eigenvalue weighted by Crippen LogP contribution is 2.65. The standard InChI is InChI=1S/C15H13F2N3O/c16-15(17)7-14(15)8-19-12(14)13(21)20-11-5-9-3-1-2-4-10(9)6-18-11/h1-6,12,19H,7-8H2,(H,18,20,21). The van der Waals surface area contributed by atoms with Crippen LogP contribution in [0.25, 0.3) is 10.8 Å². The topological polar surface area (TPSA) is 54.0 Å². The van der Waals surface area contributed by atoms with Crippen LogP contribution in [0.4, 0.5) is 14.6 Å². The van der Waals surface area contributed by atoms with Crippen molar-refractivity contribution >= 4 is 22.5 Å². The minimum atomic E-state index is -2.73. The van der Waals surface area contributed by atoms with Gasteiger partial charge < -0.3 is 10.6 Å². The number of alkyl halides is 2. The van der Waals surface area contributed by atoms with Crippen molar-refractivity contribution in [1.29, 1.82) is 0 Å². The molecular formula is C15H13F2N3O. The third-order valence-corrected chi connectivity index (χ3v) is 4.46. The maximum absolute atomic E-state index is 13.4. The maximum Gasteiger partial charge on any atom is 0.258 e. The van der Waals surface area contributed by atoms with E-state index in [1.807, 2.05) is 24.3 Å². The Bertz CT molecular complexity index is 749. The van der Waals surface area contributed by atoms with Crippen LogP contribution in [0, 0.1) is 5.41 Å². The molecule has 1 saturated heterocycles. The number of carbonyl (C=O) groups excluding carboxylic acids is 1. The van der Waals surface area contributed by atoms with E-state index >= 15 is 0 Å². The number of aromatic nitrogens is 1. The molecule has 2 heterocycles. The van der Waals surface area contributed by atoms with Crippen LogP contribution >= 0.6 is 0 Å². The average Bonchev–Trinajstić information content (AvgIpc) is 3.03. The first kappa shape index (κ1) is 12.6. The molecule has 4 rings (SSSR count). The van der Waals surface area contributed by atoms with Crippen molar-refractivity contribution in [3.05, 3.63) is 36.5 Å². The number of amides is 1. The summed E-state index contributed by atoms with van der Waals surface area (Å²) in [4.78, 5) is 16.3. The van der Waals surface area contributed by atoms with Crippen LogP contribution in [0.1, 0.15) is 6.42 Å². The van der Waals surface area contributed by atoms with E-state index in [1.54, 1.807) is 12.3 Å². The number of fused-ring (bicyclic) bond motifs is 1. The zero-order valence-corrected chi connectivity index (χ0v) is 11.1. The molecule has 0 radical (unpaired) electrons. The largest absolute Gasteiger partial charge is 0.309 e. The van der Waals surface area contributed by atoms with Crippen molar-refractivity contribution in [3.8, 4) is 0 Å². The van der Waals surface area contributed by atoms with Crippen molar-refractivity contribution in [2.75, 3.05) is 11.9 Å². The number of hydrogen-bond acceptors (Lipinski definition) is 3. The summed E-state index contributed by atoms with van der Waals surface area (Å²) in [5.74, 6) is -2.79. The number of carbonyl (C=O) groups is 1. The van der Waals surface area contributed by atoms with E-state index in [0.29, 0.717) is 5.82 Å². The van der Waals surface area contributed by atoms with Gasteiger partial charge in [0.25, 0.3) is 5.92 Å². The molecule has 2 aliphatic rings. The van der Waals surface area contributed by atoms with E-state index in [2.05, 4.69) is 15.6 Å². The van der Waals surface area contributed by atoms with E-state index < -0.39 is 23.3 Å². The van der Waals surface area contributed by atoms with Crippen molar-refractivity contribution in [2.24, 2.45) is 5.41 Å². The van der Waals surface area contributed by atoms with Crippen molar-refractivity contribution in [1.82, 2.24) is 10.3 Å². The van der Waals surface area contributed by atoms with Gasteiger partial charge in [0.1, 0.15) is 5.82 Å². The number of pyridine rings is 1. The summed E-state index contributed by atoms with van der Waals surface area (Å²) < 4.78 is 26.7. The Balaban J connectivity index is 1.54. The number of anilines is 1. The summed E-state index contributed by atoms with van der Waals surface area (Å²) in [6.07, 6.45) is 1.44. The third kappa shape index (κ3) is 1.75. The van der Waals surface area contributed by atoms with E-state index in [9.17, 15) is 13.6 Å². The number of nitrogens with zero attached hydrogens (tertiary/aromatic N) is 1. The lowest BCUT2D eigenvalue weighted by Crippen LogP contribution is -2.63. The van der Waals surface area contributed by atoms with Crippen molar-refractivity contribution in [3.63, 3.8) is 0 Å². The molecule has 0 bridgehead atoms. The Hall–Kier alpha value is -2.08. The summed E-state index contributed by atoms with van der Waals surface area (Å²) in [5, 5.41) is 7.32. The van der Waals surface area contributed by atoms with Gasteiger partial charge in [-0.05, 0) is 11.5 Å². The van der Waals surface area contributed by atoms with Crippen LogP contribution in [0.2, 0.25) is 0 Å². The molecular weight excluding hydrogens is 276 g/mol. The highest BCUT2D eigenvalue weighted by atomic mass is 19.3. The molecule has 1 saturated carbocycles. The summed E-state index contributed by atoms with van der Waals surface area (Å²) >= 11 is 0. The van der Waals surface area contributed by atoms with Crippen molar-refractivity contribution in [2.45, 2.75) is 18.4 Å². The lowest BCUT2D eigenvalue weighted by molar-refractivity contribution is -0.125. The molecule has 2 aromatic rings. The second kappa shape index (κ2) is 3.98. The van der Waals surface area contributed by atoms with Crippen LogP contribution < -0.4 is 10.6 Å². The summed E-state index contributed by atoms with van der Waals surface area (Å²) in [5.41, 5.74) is -1.17. The molecule has 1 aliphatic heterocycles. The van der Waals surface area contributed by atoms with Gasteiger partial charge in [0.2, 0.25) is 5.91 Å². The predicted octanol–water partition coefficient (Wildman–Crippen LogP) is 2.17. The van der Waals surface area contributed by atoms with Crippen LogP contribution in [0.5, 0.6) is 0 Å². The molecule has 108 valence electrons. The molecule has 1 aliphatic carbocycles. The predicted molar refractivity (Wildman–Crippen MR) is 74.2 cm³/mol. The molecule has 1 spiro atoms. The fourth-order valence-electron chi connectivity index (χ4n) is 3.00. The first-order valence-electron chi connectivity index (χ1n) is 6.79. The van der Waals surface area contributed by atoms with Gasteiger partial charge in [-0.3, -0.25) is 4.79 Å². The number of rotatable bonds is 2. The molecule has 2 N–H and O–H groups in total. The second-order valence-electron chi connectivity index (χ2n) is 5.76. The highest BCUT2D eigenvalue weighted by Gasteiger charge is 2.79. The smallest absolute Gasteiger partial charge is 0.258 e. The van der Waals surface area contributed by atoms with Gasteiger partial charge >= 0.3 is 0 Å². The Kier molecular flexibility index (Phi) is 2.39. The fraction of sp³-hybridized carbons (Fsp3) is 0.333. The van der Waals surface area contributed by atoms with Crippen LogP contribution in [-0.4, -0.2) is 29.4 Å². The molecule has 1 aromatic heterocycles. The third-order valence-electron chi connectivity index (χ3n) is 4.46. The van der Waals surface area contributed by atoms with Gasteiger partial charge in [-0.15, -0.1) is 0 Å². The summed E-state index contributed by atoms with van der Waals surface area (Å²) in [7, 11) is 0. The van der Waals surface area contributed by atoms with Crippen molar-refractivity contribution < 1.29 is 13.6 Å². The van der Waals surface area contributed by atoms with E-state index in [4.69, 9.17) is 0 Å². The van der Waals surface area contributed by atoms with E-state index in [1.165, 1.54) is 0 Å². The minimum absolute atomic E-state index is 0.198. The first-order chi connectivity index (χ1) is 10.0. The summed E-state index contributed by atoms with van der Waals surface area (Å²) in [6.45, 7) is 0.198. The normalized spacial score (nSPS) is 29.1. The molecule has 1 aromatic carbocycles. The molecule has 2 atom stereocenters. The molecule has 21 heavy (non-hydrogen) atoms. The number of halogens is 2. The molecule has 2 unspecified atom stereocenters. The first-order valence-corrected chi connectivity index (χ1v) is 6.79. The van der Waals surface area contributed by atoms with Gasteiger partial charge in [-0.1, -0.05) is 24.3 Å². The second-order valence-corrected chi connectivity index (χ2v) is 5.76. The average molecular weight is 289 g/mol. The van der Waals surface area contributed by atoms with Gasteiger partial charge in [0.05, 0.1) is 11.5 Å². The van der Waals surface area contributed by atoms with Crippen LogP contribution in [0.15, 0.2) is 36.5 Å². The van der Waals surface area contributed by atoms with Gasteiger partial charge in [-0.2, -0.15) is 0 Å². The zero-order valence-electron chi connectivity index (χ0n) is 11.1. The van der Waals surface area contributed by atoms with E-state index in [-0.39, 0.29) is 13.0 Å². The zero-order chi connectivity index (χ0) is 14.7. The SMILES string of the molecule is O=C(Nc1cc2ccccc2cn1)C1NCC12CC2(F)F. The van der Waals surface area contributed by atoms with Gasteiger partial charge in [-0.25, -0.2) is 13.8 Å². The van der Waals surface area contributed by atoms with Gasteiger partial charge in [0, 0.05) is 24.5 Å². The highest BCUT2D eigenvalue weighted by molar-refractivity contribution is 5.97. The Labute approximate surface area is 119 Å². The lowest BCUT2D eigenvalue weighted by Gasteiger charge is -2.37. The fourth-order valence-corrected chi connectivity index (χ4v) is 3.00. The molecule has 2 fully saturated rings. The number of benzene rings is 1. The minimum Gasteiger partial charge on any atom is -0.309 e. The van der Waals surface area contributed by atoms with E-state index in [0.717, 1.165) is 10.8 Å². The monoisotopic (exact) mass is 289 g/mol. The quantitative estimate of drug-likeness (QED) is 0.891. The summed E-state index contributed by atoms with van der Waals surface area (Å²) in [6, 6.07) is 8.52. The maximum atomic E-state index is 13.4. The Morgan fingerprint density at radius 2 is 2.05 bits per heavy atom. The van der Waals surface area contributed by atoms with Crippen LogP contribution in [-0.2, 0) is 4.79 Å². The molecule has 4 nitrogen and oxygen atoms in total. The molecule has 6 heteroatoms. The van der Waals surface area contributed by atoms with Gasteiger partial charge in [0.15, 0.2) is 0 Å². The van der Waals surface area contributed by atoms with Crippen LogP contribution in [0.3, 0.4) is 0 Å². The Morgan fingerprint density at radius 3 is 2.67 bits per heavy atom. The number of hydrogen-bond donors (Lipinski definition) is 2. The molecule has 1 amide bonds. The Morgan fingerprint density at radius 1 is 1.33 bits per heavy atom.